The third-order valence-corrected chi connectivity index (χ3v) is 9.24. The van der Waals surface area contributed by atoms with Crippen LogP contribution < -0.4 is 20.1 Å². The SMILES string of the molecule is CC(C)(C)NC(=O)Oc1c2cc(C(C)(C)C)cc1COCc1cc(C(C)(C)C)cc(c1OC(=O)NC(C)(C)C)COCc1cc(C(C)(C)C)cc(c1O)COC2. The number of fused-ring (bicyclic) bond motifs is 6. The zero-order valence-electron chi connectivity index (χ0n) is 36.5. The maximum absolute atomic E-state index is 13.4. The van der Waals surface area contributed by atoms with Crippen LogP contribution in [-0.2, 0) is 70.1 Å². The van der Waals surface area contributed by atoms with Crippen molar-refractivity contribution >= 4 is 12.2 Å². The summed E-state index contributed by atoms with van der Waals surface area (Å²) >= 11 is 0. The van der Waals surface area contributed by atoms with E-state index >= 15 is 0 Å². The number of carbonyl (C=O) groups is 2. The number of hydrogen-bond donors (Lipinski definition) is 3. The summed E-state index contributed by atoms with van der Waals surface area (Å²) in [7, 11) is 0. The fraction of sp³-hybridized carbons (Fsp3) is 0.565. The molecular formula is C46H66N2O8. The van der Waals surface area contributed by atoms with E-state index in [4.69, 9.17) is 23.7 Å². The highest BCUT2D eigenvalue weighted by Gasteiger charge is 2.27. The van der Waals surface area contributed by atoms with Crippen LogP contribution in [0.25, 0.3) is 0 Å². The Morgan fingerprint density at radius 2 is 0.696 bits per heavy atom. The van der Waals surface area contributed by atoms with Gasteiger partial charge in [0.15, 0.2) is 0 Å². The van der Waals surface area contributed by atoms with Crippen molar-refractivity contribution in [1.82, 2.24) is 10.6 Å². The van der Waals surface area contributed by atoms with Crippen molar-refractivity contribution in [2.75, 3.05) is 0 Å². The van der Waals surface area contributed by atoms with Crippen LogP contribution in [0, 0.1) is 0 Å². The number of rotatable bonds is 2. The van der Waals surface area contributed by atoms with Gasteiger partial charge in [0.25, 0.3) is 0 Å². The van der Waals surface area contributed by atoms with E-state index in [2.05, 4.69) is 72.9 Å². The minimum Gasteiger partial charge on any atom is -0.507 e. The van der Waals surface area contributed by atoms with Gasteiger partial charge in [-0.2, -0.15) is 0 Å². The van der Waals surface area contributed by atoms with Crippen molar-refractivity contribution in [2.45, 2.75) is 171 Å². The molecule has 2 amide bonds. The topological polar surface area (TPSA) is 125 Å². The lowest BCUT2D eigenvalue weighted by Gasteiger charge is -2.26. The first kappa shape index (κ1) is 44.6. The van der Waals surface area contributed by atoms with Crippen LogP contribution in [0.4, 0.5) is 9.59 Å². The fourth-order valence-electron chi connectivity index (χ4n) is 6.14. The largest absolute Gasteiger partial charge is 0.507 e. The maximum Gasteiger partial charge on any atom is 0.413 e. The van der Waals surface area contributed by atoms with Gasteiger partial charge in [0.05, 0.1) is 39.6 Å². The van der Waals surface area contributed by atoms with E-state index in [9.17, 15) is 14.7 Å². The monoisotopic (exact) mass is 774 g/mol. The van der Waals surface area contributed by atoms with Crippen LogP contribution in [-0.4, -0.2) is 28.4 Å². The summed E-state index contributed by atoms with van der Waals surface area (Å²) in [5.74, 6) is 0.767. The average molecular weight is 775 g/mol. The van der Waals surface area contributed by atoms with E-state index in [1.54, 1.807) is 0 Å². The van der Waals surface area contributed by atoms with Gasteiger partial charge >= 0.3 is 12.2 Å². The van der Waals surface area contributed by atoms with Gasteiger partial charge < -0.3 is 39.4 Å². The van der Waals surface area contributed by atoms with E-state index in [-0.39, 0.29) is 61.6 Å². The normalized spacial score (nSPS) is 15.0. The third kappa shape index (κ3) is 12.4. The van der Waals surface area contributed by atoms with Gasteiger partial charge in [-0.05, 0) is 111 Å². The summed E-state index contributed by atoms with van der Waals surface area (Å²) in [5.41, 5.74) is 5.04. The molecule has 6 bridgehead atoms. The van der Waals surface area contributed by atoms with Crippen molar-refractivity contribution in [3.63, 3.8) is 0 Å². The van der Waals surface area contributed by atoms with E-state index < -0.39 is 23.3 Å². The number of phenols is 1. The van der Waals surface area contributed by atoms with Crippen molar-refractivity contribution in [1.29, 1.82) is 0 Å². The highest BCUT2D eigenvalue weighted by atomic mass is 16.6. The second-order valence-corrected chi connectivity index (χ2v) is 20.1. The minimum atomic E-state index is -0.603. The molecule has 0 unspecified atom stereocenters. The Balaban J connectivity index is 1.96. The van der Waals surface area contributed by atoms with Gasteiger partial charge in [-0.15, -0.1) is 0 Å². The van der Waals surface area contributed by atoms with Crippen molar-refractivity contribution in [3.8, 4) is 17.2 Å². The van der Waals surface area contributed by atoms with Crippen LogP contribution in [0.1, 0.15) is 154 Å². The van der Waals surface area contributed by atoms with Gasteiger partial charge in [-0.3, -0.25) is 0 Å². The Kier molecular flexibility index (Phi) is 13.4. The first-order chi connectivity index (χ1) is 25.6. The zero-order valence-corrected chi connectivity index (χ0v) is 36.5. The van der Waals surface area contributed by atoms with Gasteiger partial charge in [0.2, 0.25) is 0 Å². The number of benzene rings is 3. The molecule has 1 heterocycles. The fourth-order valence-corrected chi connectivity index (χ4v) is 6.14. The molecule has 0 atom stereocenters. The van der Waals surface area contributed by atoms with Crippen LogP contribution in [0.5, 0.6) is 17.2 Å². The highest BCUT2D eigenvalue weighted by Crippen LogP contribution is 2.38. The Morgan fingerprint density at radius 3 is 0.929 bits per heavy atom. The molecule has 4 rings (SSSR count). The molecule has 0 radical (unpaired) electrons. The number of amides is 2. The molecule has 1 aliphatic rings. The van der Waals surface area contributed by atoms with Crippen LogP contribution >= 0.6 is 0 Å². The Labute approximate surface area is 335 Å². The van der Waals surface area contributed by atoms with E-state index in [1.807, 2.05) is 77.9 Å². The number of carbonyl (C=O) groups excluding carboxylic acids is 2. The first-order valence-electron chi connectivity index (χ1n) is 19.5. The lowest BCUT2D eigenvalue weighted by atomic mass is 9.84. The van der Waals surface area contributed by atoms with Gasteiger partial charge in [-0.1, -0.05) is 62.3 Å². The minimum absolute atomic E-state index is 0.0754. The van der Waals surface area contributed by atoms with Crippen molar-refractivity contribution < 1.29 is 38.4 Å². The van der Waals surface area contributed by atoms with Crippen LogP contribution in [0.15, 0.2) is 36.4 Å². The average Bonchev–Trinajstić information content (AvgIpc) is 3.01. The predicted octanol–water partition coefficient (Wildman–Crippen LogP) is 10.5. The Hall–Kier alpha value is -4.12. The second-order valence-electron chi connectivity index (χ2n) is 20.1. The van der Waals surface area contributed by atoms with Crippen LogP contribution in [0.2, 0.25) is 0 Å². The van der Waals surface area contributed by atoms with Gasteiger partial charge in [0, 0.05) is 44.5 Å². The maximum atomic E-state index is 13.4. The summed E-state index contributed by atoms with van der Waals surface area (Å²) in [6, 6.07) is 12.0. The molecule has 0 saturated heterocycles. The smallest absolute Gasteiger partial charge is 0.413 e. The molecule has 1 aliphatic heterocycles. The lowest BCUT2D eigenvalue weighted by molar-refractivity contribution is 0.0924. The number of ether oxygens (including phenoxy) is 5. The Bertz CT molecular complexity index is 1770. The van der Waals surface area contributed by atoms with E-state index in [1.165, 1.54) is 0 Å². The van der Waals surface area contributed by atoms with E-state index in [0.29, 0.717) is 44.9 Å². The molecule has 0 aromatic heterocycles. The van der Waals surface area contributed by atoms with Gasteiger partial charge in [-0.25, -0.2) is 9.59 Å². The summed E-state index contributed by atoms with van der Waals surface area (Å²) in [6.07, 6.45) is -1.21. The second kappa shape index (κ2) is 16.8. The number of phenolic OH excluding ortho intramolecular Hbond substituents is 1. The van der Waals surface area contributed by atoms with Crippen LogP contribution in [0.3, 0.4) is 0 Å². The standard InChI is InChI=1S/C46H66N2O8/c1-42(2,3)34-16-28-22-52-24-30-18-35(43(4,5)6)20-32(38(30)55-40(50)47-45(10,11)12)26-54-27-33-21-36(44(7,8)9)19-31(25-53-23-29(17-34)37(28)49)39(33)56-41(51)48-46(13,14)15/h16-21,49H,22-27H2,1-15H3,(H,47,50)(H,48,51). The highest BCUT2D eigenvalue weighted by molar-refractivity contribution is 5.73. The summed E-state index contributed by atoms with van der Waals surface area (Å²) < 4.78 is 31.4. The van der Waals surface area contributed by atoms with Crippen molar-refractivity contribution in [3.05, 3.63) is 86.5 Å². The molecule has 308 valence electrons. The molecule has 0 spiro atoms. The zero-order chi connectivity index (χ0) is 42.0. The quantitative estimate of drug-likeness (QED) is 0.235. The molecule has 0 aliphatic carbocycles. The lowest BCUT2D eigenvalue weighted by Crippen LogP contribution is -2.42. The summed E-state index contributed by atoms with van der Waals surface area (Å²) in [4.78, 5) is 26.7. The van der Waals surface area contributed by atoms with Crippen molar-refractivity contribution in [2.24, 2.45) is 0 Å². The third-order valence-electron chi connectivity index (χ3n) is 9.24. The molecule has 3 aromatic rings. The number of aromatic hydroxyl groups is 1. The molecule has 3 N–H and O–H groups in total. The van der Waals surface area contributed by atoms with Gasteiger partial charge in [0.1, 0.15) is 17.2 Å². The number of nitrogens with one attached hydrogen (secondary N) is 2. The summed E-state index contributed by atoms with van der Waals surface area (Å²) in [5, 5.41) is 17.4. The summed E-state index contributed by atoms with van der Waals surface area (Å²) in [6.45, 7) is 30.9. The molecule has 56 heavy (non-hydrogen) atoms. The molecule has 10 nitrogen and oxygen atoms in total. The molecule has 10 heteroatoms. The Morgan fingerprint density at radius 1 is 0.464 bits per heavy atom. The first-order valence-corrected chi connectivity index (χ1v) is 19.5. The number of hydrogen-bond acceptors (Lipinski definition) is 8. The molecule has 3 aromatic carbocycles. The molecule has 0 fully saturated rings. The van der Waals surface area contributed by atoms with E-state index in [0.717, 1.165) is 16.7 Å². The predicted molar refractivity (Wildman–Crippen MR) is 220 cm³/mol. The molecule has 0 saturated carbocycles. The molecular weight excluding hydrogens is 709 g/mol.